The van der Waals surface area contributed by atoms with Crippen LogP contribution in [0.25, 0.3) is 0 Å². The third kappa shape index (κ3) is 4.37. The third-order valence-corrected chi connectivity index (χ3v) is 6.34. The Morgan fingerprint density at radius 1 is 1.07 bits per heavy atom. The van der Waals surface area contributed by atoms with Gasteiger partial charge in [-0.3, -0.25) is 9.59 Å². The zero-order chi connectivity index (χ0) is 19.7. The number of hydrogen-bond donors (Lipinski definition) is 1. The van der Waals surface area contributed by atoms with Gasteiger partial charge in [0, 0.05) is 11.3 Å². The van der Waals surface area contributed by atoms with Crippen LogP contribution in [0.2, 0.25) is 15.1 Å². The summed E-state index contributed by atoms with van der Waals surface area (Å²) in [5.74, 6) is 0.423. The molecule has 1 N–H and O–H groups in total. The van der Waals surface area contributed by atoms with Crippen LogP contribution in [-0.2, 0) is 4.79 Å². The van der Waals surface area contributed by atoms with Gasteiger partial charge in [-0.15, -0.1) is 11.8 Å². The zero-order valence-electron chi connectivity index (χ0n) is 14.7. The average molecular weight is 444 g/mol. The Kier molecular flexibility index (Phi) is 6.26. The van der Waals surface area contributed by atoms with E-state index in [0.29, 0.717) is 37.9 Å². The van der Waals surface area contributed by atoms with E-state index < -0.39 is 6.04 Å². The normalized spacial score (nSPS) is 16.5. The van der Waals surface area contributed by atoms with Gasteiger partial charge in [-0.05, 0) is 49.2 Å². The Morgan fingerprint density at radius 2 is 1.81 bits per heavy atom. The maximum absolute atomic E-state index is 12.9. The molecule has 0 spiro atoms. The lowest BCUT2D eigenvalue weighted by Gasteiger charge is -2.24. The summed E-state index contributed by atoms with van der Waals surface area (Å²) in [4.78, 5) is 27.2. The second-order valence-electron chi connectivity index (χ2n) is 6.35. The molecule has 1 aliphatic heterocycles. The molecule has 1 fully saturated rings. The monoisotopic (exact) mass is 442 g/mol. The molecule has 142 valence electrons. The predicted octanol–water partition coefficient (Wildman–Crippen LogP) is 5.42. The molecule has 1 unspecified atom stereocenters. The van der Waals surface area contributed by atoms with Gasteiger partial charge >= 0.3 is 0 Å². The molecule has 0 radical (unpaired) electrons. The molecule has 1 aliphatic rings. The highest BCUT2D eigenvalue weighted by Gasteiger charge is 2.35. The van der Waals surface area contributed by atoms with Crippen LogP contribution in [0.1, 0.15) is 21.5 Å². The summed E-state index contributed by atoms with van der Waals surface area (Å²) in [6.07, 6.45) is 0. The molecular weight excluding hydrogens is 427 g/mol. The summed E-state index contributed by atoms with van der Waals surface area (Å²) < 4.78 is 0. The van der Waals surface area contributed by atoms with Crippen molar-refractivity contribution in [1.82, 2.24) is 4.90 Å². The van der Waals surface area contributed by atoms with E-state index in [-0.39, 0.29) is 11.8 Å². The predicted molar refractivity (Wildman–Crippen MR) is 113 cm³/mol. The standard InChI is InChI=1S/C19H17Cl3N2O2S/c1-10-5-11(2)17(15(22)6-10)23-18(25)16-8-27-9-24(16)19(26)12-3-4-13(20)14(21)7-12/h3-7,16H,8-9H2,1-2H3,(H,23,25). The summed E-state index contributed by atoms with van der Waals surface area (Å²) in [6.45, 7) is 3.83. The number of carbonyl (C=O) groups excluding carboxylic acids is 2. The fourth-order valence-electron chi connectivity index (χ4n) is 2.94. The van der Waals surface area contributed by atoms with Gasteiger partial charge in [0.15, 0.2) is 0 Å². The zero-order valence-corrected chi connectivity index (χ0v) is 17.8. The number of nitrogens with one attached hydrogen (secondary N) is 1. The van der Waals surface area contributed by atoms with Gasteiger partial charge in [0.05, 0.1) is 26.6 Å². The van der Waals surface area contributed by atoms with E-state index >= 15 is 0 Å². The maximum Gasteiger partial charge on any atom is 0.255 e. The van der Waals surface area contributed by atoms with Crippen molar-refractivity contribution in [3.63, 3.8) is 0 Å². The topological polar surface area (TPSA) is 49.4 Å². The van der Waals surface area contributed by atoms with E-state index in [0.717, 1.165) is 11.1 Å². The van der Waals surface area contributed by atoms with Crippen LogP contribution in [0.15, 0.2) is 30.3 Å². The first kappa shape index (κ1) is 20.3. The molecular formula is C19H17Cl3N2O2S. The van der Waals surface area contributed by atoms with Gasteiger partial charge in [-0.1, -0.05) is 40.9 Å². The molecule has 2 aromatic rings. The van der Waals surface area contributed by atoms with Crippen molar-refractivity contribution < 1.29 is 9.59 Å². The van der Waals surface area contributed by atoms with Gasteiger partial charge in [-0.25, -0.2) is 0 Å². The number of carbonyl (C=O) groups is 2. The molecule has 1 saturated heterocycles. The highest BCUT2D eigenvalue weighted by Crippen LogP contribution is 2.30. The minimum atomic E-state index is -0.589. The van der Waals surface area contributed by atoms with Crippen LogP contribution in [0.3, 0.4) is 0 Å². The highest BCUT2D eigenvalue weighted by molar-refractivity contribution is 7.99. The van der Waals surface area contributed by atoms with Gasteiger partial charge in [0.2, 0.25) is 5.91 Å². The van der Waals surface area contributed by atoms with E-state index in [1.807, 2.05) is 19.9 Å². The lowest BCUT2D eigenvalue weighted by Crippen LogP contribution is -2.44. The third-order valence-electron chi connectivity index (χ3n) is 4.29. The molecule has 2 amide bonds. The van der Waals surface area contributed by atoms with Gasteiger partial charge < -0.3 is 10.2 Å². The molecule has 8 heteroatoms. The lowest BCUT2D eigenvalue weighted by molar-refractivity contribution is -0.119. The van der Waals surface area contributed by atoms with Crippen molar-refractivity contribution in [3.05, 3.63) is 62.1 Å². The number of amides is 2. The minimum Gasteiger partial charge on any atom is -0.323 e. The summed E-state index contributed by atoms with van der Waals surface area (Å²) in [5, 5.41) is 4.04. The van der Waals surface area contributed by atoms with Crippen molar-refractivity contribution in [3.8, 4) is 0 Å². The van der Waals surface area contributed by atoms with E-state index in [4.69, 9.17) is 34.8 Å². The number of thioether (sulfide) groups is 1. The summed E-state index contributed by atoms with van der Waals surface area (Å²) in [5.41, 5.74) is 2.87. The summed E-state index contributed by atoms with van der Waals surface area (Å²) in [6, 6.07) is 7.86. The van der Waals surface area contributed by atoms with Gasteiger partial charge in [0.1, 0.15) is 6.04 Å². The molecule has 0 bridgehead atoms. The Hall–Kier alpha value is -1.40. The minimum absolute atomic E-state index is 0.259. The van der Waals surface area contributed by atoms with E-state index in [9.17, 15) is 9.59 Å². The number of rotatable bonds is 3. The SMILES string of the molecule is Cc1cc(C)c(NC(=O)C2CSCN2C(=O)c2ccc(Cl)c(Cl)c2)c(Cl)c1. The number of benzene rings is 2. The van der Waals surface area contributed by atoms with E-state index in [1.165, 1.54) is 22.7 Å². The number of halogens is 3. The molecule has 1 atom stereocenters. The largest absolute Gasteiger partial charge is 0.323 e. The molecule has 2 aromatic carbocycles. The molecule has 0 aromatic heterocycles. The molecule has 0 aliphatic carbocycles. The van der Waals surface area contributed by atoms with Crippen molar-refractivity contribution >= 4 is 64.1 Å². The van der Waals surface area contributed by atoms with Crippen LogP contribution in [0.4, 0.5) is 5.69 Å². The first-order valence-electron chi connectivity index (χ1n) is 8.19. The molecule has 0 saturated carbocycles. The summed E-state index contributed by atoms with van der Waals surface area (Å²) in [7, 11) is 0. The second-order valence-corrected chi connectivity index (χ2v) is 8.57. The fourth-order valence-corrected chi connectivity index (χ4v) is 4.76. The maximum atomic E-state index is 12.9. The number of hydrogen-bond acceptors (Lipinski definition) is 3. The smallest absolute Gasteiger partial charge is 0.255 e. The van der Waals surface area contributed by atoms with Crippen LogP contribution in [0, 0.1) is 13.8 Å². The van der Waals surface area contributed by atoms with Crippen molar-refractivity contribution in [2.24, 2.45) is 0 Å². The van der Waals surface area contributed by atoms with Gasteiger partial charge in [0.25, 0.3) is 5.91 Å². The Bertz CT molecular complexity index is 897. The van der Waals surface area contributed by atoms with Crippen molar-refractivity contribution in [2.45, 2.75) is 19.9 Å². The second kappa shape index (κ2) is 8.31. The van der Waals surface area contributed by atoms with Crippen LogP contribution in [0.5, 0.6) is 0 Å². The van der Waals surface area contributed by atoms with Crippen molar-refractivity contribution in [2.75, 3.05) is 16.9 Å². The van der Waals surface area contributed by atoms with Crippen LogP contribution < -0.4 is 5.32 Å². The van der Waals surface area contributed by atoms with Gasteiger partial charge in [-0.2, -0.15) is 0 Å². The first-order chi connectivity index (χ1) is 12.8. The Balaban J connectivity index is 1.80. The molecule has 4 nitrogen and oxygen atoms in total. The quantitative estimate of drug-likeness (QED) is 0.689. The highest BCUT2D eigenvalue weighted by atomic mass is 35.5. The Labute approximate surface area is 177 Å². The number of nitrogens with zero attached hydrogens (tertiary/aromatic N) is 1. The van der Waals surface area contributed by atoms with Crippen molar-refractivity contribution in [1.29, 1.82) is 0 Å². The first-order valence-corrected chi connectivity index (χ1v) is 10.5. The van der Waals surface area contributed by atoms with E-state index in [1.54, 1.807) is 18.2 Å². The Morgan fingerprint density at radius 3 is 2.48 bits per heavy atom. The lowest BCUT2D eigenvalue weighted by atomic mass is 10.1. The molecule has 1 heterocycles. The number of anilines is 1. The van der Waals surface area contributed by atoms with Crippen LogP contribution in [-0.4, -0.2) is 34.4 Å². The van der Waals surface area contributed by atoms with Crippen LogP contribution >= 0.6 is 46.6 Å². The summed E-state index contributed by atoms with van der Waals surface area (Å²) >= 11 is 19.7. The average Bonchev–Trinajstić information content (AvgIpc) is 3.09. The molecule has 3 rings (SSSR count). The fraction of sp³-hybridized carbons (Fsp3) is 0.263. The molecule has 27 heavy (non-hydrogen) atoms. The number of aryl methyl sites for hydroxylation is 2. The van der Waals surface area contributed by atoms with E-state index in [2.05, 4.69) is 5.32 Å².